The average molecular weight is 323 g/mol. The number of amides is 1. The minimum atomic E-state index is -0.583. The van der Waals surface area contributed by atoms with Crippen LogP contribution in [-0.4, -0.2) is 47.9 Å². The highest BCUT2D eigenvalue weighted by atomic mass is 16.5. The summed E-state index contributed by atoms with van der Waals surface area (Å²) in [6.45, 7) is 2.71. The molecule has 2 N–H and O–H groups in total. The van der Waals surface area contributed by atoms with Crippen molar-refractivity contribution in [3.8, 4) is 0 Å². The molecule has 1 saturated carbocycles. The molecule has 3 rings (SSSR count). The van der Waals surface area contributed by atoms with Crippen molar-refractivity contribution < 1.29 is 14.3 Å². The van der Waals surface area contributed by atoms with Crippen LogP contribution in [0.25, 0.3) is 0 Å². The molecule has 4 atom stereocenters. The minimum absolute atomic E-state index is 0.00881. The van der Waals surface area contributed by atoms with Gasteiger partial charge in [0.1, 0.15) is 6.54 Å². The number of H-pyrrole nitrogens is 1. The third-order valence-corrected chi connectivity index (χ3v) is 4.72. The van der Waals surface area contributed by atoms with Gasteiger partial charge in [0.05, 0.1) is 12.7 Å². The topological polar surface area (TPSA) is 102 Å². The highest BCUT2D eigenvalue weighted by Gasteiger charge is 2.54. The number of rotatable bonds is 5. The number of nitrogens with zero attached hydrogens (tertiary/aromatic N) is 1. The van der Waals surface area contributed by atoms with E-state index in [9.17, 15) is 14.4 Å². The van der Waals surface area contributed by atoms with E-state index >= 15 is 0 Å². The fourth-order valence-corrected chi connectivity index (χ4v) is 3.56. The van der Waals surface area contributed by atoms with E-state index in [-0.39, 0.29) is 30.5 Å². The normalized spacial score (nSPS) is 29.0. The Bertz CT molecular complexity index is 710. The molecule has 2 heterocycles. The maximum Gasteiger partial charge on any atom is 0.328 e. The van der Waals surface area contributed by atoms with Crippen molar-refractivity contribution >= 4 is 5.91 Å². The van der Waals surface area contributed by atoms with Crippen LogP contribution in [0.1, 0.15) is 12.0 Å². The van der Waals surface area contributed by atoms with E-state index in [0.29, 0.717) is 24.7 Å². The van der Waals surface area contributed by atoms with Gasteiger partial charge in [-0.05, 0) is 13.3 Å². The quantitative estimate of drug-likeness (QED) is 0.724. The second-order valence-corrected chi connectivity index (χ2v) is 6.20. The number of hydrogen-bond donors (Lipinski definition) is 2. The molecule has 23 heavy (non-hydrogen) atoms. The summed E-state index contributed by atoms with van der Waals surface area (Å²) in [5.41, 5.74) is -0.626. The summed E-state index contributed by atoms with van der Waals surface area (Å²) in [6.07, 6.45) is 2.47. The number of aryl methyl sites for hydroxylation is 1. The van der Waals surface area contributed by atoms with Gasteiger partial charge in [-0.1, -0.05) is 0 Å². The maximum atomic E-state index is 12.3. The van der Waals surface area contributed by atoms with E-state index in [0.717, 1.165) is 6.42 Å². The van der Waals surface area contributed by atoms with Crippen LogP contribution in [-0.2, 0) is 20.8 Å². The Morgan fingerprint density at radius 1 is 1.52 bits per heavy atom. The number of carbonyl (C=O) groups excluding carboxylic acids is 1. The van der Waals surface area contributed by atoms with E-state index < -0.39 is 11.2 Å². The van der Waals surface area contributed by atoms with Crippen LogP contribution in [0.3, 0.4) is 0 Å². The van der Waals surface area contributed by atoms with Crippen LogP contribution < -0.4 is 16.6 Å². The molecule has 0 aromatic carbocycles. The number of nitrogens with one attached hydrogen (secondary N) is 2. The first kappa shape index (κ1) is 15.9. The molecule has 8 heteroatoms. The maximum absolute atomic E-state index is 12.3. The van der Waals surface area contributed by atoms with Gasteiger partial charge in [0.25, 0.3) is 5.56 Å². The lowest BCUT2D eigenvalue weighted by Crippen LogP contribution is -2.63. The summed E-state index contributed by atoms with van der Waals surface area (Å²) < 4.78 is 12.1. The summed E-state index contributed by atoms with van der Waals surface area (Å²) >= 11 is 0. The molecule has 0 unspecified atom stereocenters. The van der Waals surface area contributed by atoms with Crippen molar-refractivity contribution in [3.63, 3.8) is 0 Å². The Morgan fingerprint density at radius 3 is 3.04 bits per heavy atom. The van der Waals surface area contributed by atoms with Crippen molar-refractivity contribution in [2.75, 3.05) is 20.3 Å². The van der Waals surface area contributed by atoms with Gasteiger partial charge in [-0.2, -0.15) is 0 Å². The summed E-state index contributed by atoms with van der Waals surface area (Å²) in [5.74, 6) is 0.202. The predicted octanol–water partition coefficient (Wildman–Crippen LogP) is -0.989. The highest BCUT2D eigenvalue weighted by Crippen LogP contribution is 2.43. The third-order valence-electron chi connectivity index (χ3n) is 4.72. The minimum Gasteiger partial charge on any atom is -0.384 e. The van der Waals surface area contributed by atoms with Gasteiger partial charge < -0.3 is 14.8 Å². The SMILES string of the molecule is COC[C@@H]1[C@@H](NC(=O)Cn2cc(C)c(=O)[nH]c2=O)[C@@H]2CCO[C@H]12. The molecule has 1 aromatic rings. The largest absolute Gasteiger partial charge is 0.384 e. The first-order valence-corrected chi connectivity index (χ1v) is 7.71. The Morgan fingerprint density at radius 2 is 2.30 bits per heavy atom. The molecule has 0 radical (unpaired) electrons. The zero-order valence-electron chi connectivity index (χ0n) is 13.2. The van der Waals surface area contributed by atoms with E-state index in [1.54, 1.807) is 14.0 Å². The number of carbonyl (C=O) groups is 1. The molecule has 8 nitrogen and oxygen atoms in total. The standard InChI is InChI=1S/C15H21N3O5/c1-8-5-18(15(21)17-14(8)20)6-11(19)16-12-9-3-4-23-13(9)10(12)7-22-2/h5,9-10,12-13H,3-4,6-7H2,1-2H3,(H,16,19)(H,17,20,21)/t9-,10+,12-,13-/m0/s1. The van der Waals surface area contributed by atoms with Gasteiger partial charge in [-0.3, -0.25) is 19.1 Å². The summed E-state index contributed by atoms with van der Waals surface area (Å²) in [7, 11) is 1.63. The molecule has 126 valence electrons. The van der Waals surface area contributed by atoms with Gasteiger partial charge in [0.15, 0.2) is 0 Å². The van der Waals surface area contributed by atoms with Gasteiger partial charge in [-0.15, -0.1) is 0 Å². The zero-order valence-corrected chi connectivity index (χ0v) is 13.2. The molecule has 1 aliphatic heterocycles. The monoisotopic (exact) mass is 323 g/mol. The number of ether oxygens (including phenoxy) is 2. The van der Waals surface area contributed by atoms with Crippen LogP contribution in [0, 0.1) is 18.8 Å². The van der Waals surface area contributed by atoms with E-state index in [4.69, 9.17) is 9.47 Å². The van der Waals surface area contributed by atoms with E-state index in [1.165, 1.54) is 10.8 Å². The number of aromatic amines is 1. The molecule has 2 fully saturated rings. The van der Waals surface area contributed by atoms with Crippen molar-refractivity contribution in [2.24, 2.45) is 11.8 Å². The lowest BCUT2D eigenvalue weighted by Gasteiger charge is -2.47. The van der Waals surface area contributed by atoms with Crippen molar-refractivity contribution in [3.05, 3.63) is 32.6 Å². The zero-order chi connectivity index (χ0) is 16.6. The van der Waals surface area contributed by atoms with Crippen molar-refractivity contribution in [2.45, 2.75) is 32.0 Å². The lowest BCUT2D eigenvalue weighted by molar-refractivity contribution is -0.130. The van der Waals surface area contributed by atoms with Gasteiger partial charge in [-0.25, -0.2) is 4.79 Å². The fourth-order valence-electron chi connectivity index (χ4n) is 3.56. The lowest BCUT2D eigenvalue weighted by atomic mass is 9.67. The third kappa shape index (κ3) is 2.96. The second kappa shape index (κ2) is 6.29. The van der Waals surface area contributed by atoms with Gasteiger partial charge >= 0.3 is 5.69 Å². The second-order valence-electron chi connectivity index (χ2n) is 6.20. The van der Waals surface area contributed by atoms with E-state index in [2.05, 4.69) is 10.3 Å². The number of fused-ring (bicyclic) bond motifs is 1. The molecule has 1 aliphatic carbocycles. The Kier molecular flexibility index (Phi) is 4.36. The number of methoxy groups -OCH3 is 1. The van der Waals surface area contributed by atoms with Crippen LogP contribution in [0.15, 0.2) is 15.8 Å². The molecule has 1 amide bonds. The first-order chi connectivity index (χ1) is 11.0. The van der Waals surface area contributed by atoms with Crippen molar-refractivity contribution in [1.29, 1.82) is 0 Å². The first-order valence-electron chi connectivity index (χ1n) is 7.71. The Labute approximate surface area is 132 Å². The van der Waals surface area contributed by atoms with Crippen LogP contribution in [0.4, 0.5) is 0 Å². The van der Waals surface area contributed by atoms with Crippen LogP contribution >= 0.6 is 0 Å². The van der Waals surface area contributed by atoms with Gasteiger partial charge in [0, 0.05) is 43.4 Å². The number of aromatic nitrogens is 2. The summed E-state index contributed by atoms with van der Waals surface area (Å²) in [4.78, 5) is 37.5. The molecule has 2 aliphatic rings. The van der Waals surface area contributed by atoms with Crippen LogP contribution in [0.2, 0.25) is 0 Å². The van der Waals surface area contributed by atoms with Crippen LogP contribution in [0.5, 0.6) is 0 Å². The summed E-state index contributed by atoms with van der Waals surface area (Å²) in [6, 6.07) is 0.00881. The molecule has 1 saturated heterocycles. The average Bonchev–Trinajstić information content (AvgIpc) is 2.92. The molecule has 0 spiro atoms. The summed E-state index contributed by atoms with van der Waals surface area (Å²) in [5, 5.41) is 2.98. The number of hydrogen-bond acceptors (Lipinski definition) is 5. The predicted molar refractivity (Wildman–Crippen MR) is 81.2 cm³/mol. The Hall–Kier alpha value is -1.93. The molecule has 1 aromatic heterocycles. The highest BCUT2D eigenvalue weighted by molar-refractivity contribution is 5.76. The molecular formula is C15H21N3O5. The van der Waals surface area contributed by atoms with Crippen molar-refractivity contribution in [1.82, 2.24) is 14.9 Å². The molecule has 0 bridgehead atoms. The molecular weight excluding hydrogens is 302 g/mol. The smallest absolute Gasteiger partial charge is 0.328 e. The Balaban J connectivity index is 1.66. The van der Waals surface area contributed by atoms with E-state index in [1.807, 2.05) is 0 Å². The fraction of sp³-hybridized carbons (Fsp3) is 0.667. The van der Waals surface area contributed by atoms with Gasteiger partial charge in [0.2, 0.25) is 5.91 Å².